The summed E-state index contributed by atoms with van der Waals surface area (Å²) in [4.78, 5) is 0. The van der Waals surface area contributed by atoms with Crippen molar-refractivity contribution in [3.63, 3.8) is 0 Å². The molecule has 1 aromatic carbocycles. The Balaban J connectivity index is 2.62. The fourth-order valence-corrected chi connectivity index (χ4v) is 2.22. The van der Waals surface area contributed by atoms with Crippen LogP contribution in [0.15, 0.2) is 28.3 Å². The Morgan fingerprint density at radius 1 is 1.30 bits per heavy atom. The van der Waals surface area contributed by atoms with Crippen LogP contribution < -0.4 is 5.32 Å². The summed E-state index contributed by atoms with van der Waals surface area (Å²) in [5, 5.41) is 3.37. The van der Waals surface area contributed by atoms with E-state index in [-0.39, 0.29) is 11.1 Å². The Morgan fingerprint density at radius 2 is 1.95 bits per heavy atom. The van der Waals surface area contributed by atoms with Crippen LogP contribution in [0.3, 0.4) is 0 Å². The highest BCUT2D eigenvalue weighted by molar-refractivity contribution is 9.10. The van der Waals surface area contributed by atoms with Gasteiger partial charge in [0.2, 0.25) is 0 Å². The van der Waals surface area contributed by atoms with E-state index < -0.39 is 11.6 Å². The molecule has 0 aliphatic carbocycles. The molecule has 1 rings (SSSR count). The zero-order valence-corrected chi connectivity index (χ0v) is 14.1. The van der Waals surface area contributed by atoms with E-state index in [1.165, 1.54) is 12.1 Å². The molecule has 0 unspecified atom stereocenters. The number of allylic oxidation sites excluding steroid dienone is 1. The molecule has 0 aliphatic rings. The molecule has 0 radical (unpaired) electrons. The number of rotatable bonds is 5. The van der Waals surface area contributed by atoms with Gasteiger partial charge in [-0.05, 0) is 75.1 Å². The van der Waals surface area contributed by atoms with Crippen LogP contribution in [0.2, 0.25) is 0 Å². The molecule has 112 valence electrons. The molecule has 0 spiro atoms. The van der Waals surface area contributed by atoms with Gasteiger partial charge in [0.1, 0.15) is 11.6 Å². The van der Waals surface area contributed by atoms with Crippen LogP contribution in [0.1, 0.15) is 39.7 Å². The Hall–Kier alpha value is -0.740. The highest BCUT2D eigenvalue weighted by atomic mass is 79.9. The minimum absolute atomic E-state index is 0.0876. The summed E-state index contributed by atoms with van der Waals surface area (Å²) in [6, 6.07) is 2.68. The van der Waals surface area contributed by atoms with Gasteiger partial charge in [0.05, 0.1) is 4.47 Å². The van der Waals surface area contributed by atoms with Crippen molar-refractivity contribution < 1.29 is 8.78 Å². The maximum Gasteiger partial charge on any atom is 0.143 e. The SMILES string of the molecule is C/C(=C/CCNC(C)(C)C)Cc1c(F)ccc(Br)c1F. The maximum absolute atomic E-state index is 13.8. The number of nitrogens with one attached hydrogen (secondary N) is 1. The van der Waals surface area contributed by atoms with Crippen molar-refractivity contribution in [2.24, 2.45) is 0 Å². The van der Waals surface area contributed by atoms with Crippen molar-refractivity contribution in [1.82, 2.24) is 5.32 Å². The second-order valence-corrected chi connectivity index (χ2v) is 6.87. The van der Waals surface area contributed by atoms with Crippen molar-refractivity contribution in [2.45, 2.75) is 46.1 Å². The van der Waals surface area contributed by atoms with Crippen LogP contribution >= 0.6 is 15.9 Å². The average molecular weight is 346 g/mol. The average Bonchev–Trinajstić information content (AvgIpc) is 2.34. The molecule has 1 aromatic rings. The predicted molar refractivity (Wildman–Crippen MR) is 83.9 cm³/mol. The van der Waals surface area contributed by atoms with E-state index in [2.05, 4.69) is 42.0 Å². The minimum Gasteiger partial charge on any atom is -0.312 e. The molecule has 0 fully saturated rings. The molecular weight excluding hydrogens is 324 g/mol. The highest BCUT2D eigenvalue weighted by Crippen LogP contribution is 2.23. The second-order valence-electron chi connectivity index (χ2n) is 6.01. The second kappa shape index (κ2) is 7.32. The van der Waals surface area contributed by atoms with Crippen LogP contribution in [0.4, 0.5) is 8.78 Å². The summed E-state index contributed by atoms with van der Waals surface area (Å²) in [7, 11) is 0. The summed E-state index contributed by atoms with van der Waals surface area (Å²) in [6.07, 6.45) is 3.17. The molecule has 0 saturated carbocycles. The normalized spacial score (nSPS) is 12.8. The van der Waals surface area contributed by atoms with E-state index >= 15 is 0 Å². The summed E-state index contributed by atoms with van der Waals surface area (Å²) in [6.45, 7) is 9.07. The molecule has 0 atom stereocenters. The van der Waals surface area contributed by atoms with Gasteiger partial charge in [-0.15, -0.1) is 0 Å². The lowest BCUT2D eigenvalue weighted by molar-refractivity contribution is 0.431. The molecule has 0 saturated heterocycles. The monoisotopic (exact) mass is 345 g/mol. The quantitative estimate of drug-likeness (QED) is 0.450. The third kappa shape index (κ3) is 5.71. The lowest BCUT2D eigenvalue weighted by Crippen LogP contribution is -2.36. The lowest BCUT2D eigenvalue weighted by Gasteiger charge is -2.19. The molecular formula is C16H22BrF2N. The molecule has 1 N–H and O–H groups in total. The van der Waals surface area contributed by atoms with Gasteiger partial charge in [-0.25, -0.2) is 8.78 Å². The van der Waals surface area contributed by atoms with Gasteiger partial charge < -0.3 is 5.32 Å². The van der Waals surface area contributed by atoms with Gasteiger partial charge in [-0.1, -0.05) is 11.6 Å². The Kier molecular flexibility index (Phi) is 6.34. The summed E-state index contributed by atoms with van der Waals surface area (Å²) in [5.74, 6) is -1.00. The van der Waals surface area contributed by atoms with E-state index in [1.807, 2.05) is 13.0 Å². The van der Waals surface area contributed by atoms with Gasteiger partial charge >= 0.3 is 0 Å². The standard InChI is InChI=1S/C16H22BrF2N/c1-11(6-5-9-20-16(2,3)4)10-12-14(18)8-7-13(17)15(12)19/h6-8,20H,5,9-10H2,1-4H3/b11-6-. The van der Waals surface area contributed by atoms with E-state index in [9.17, 15) is 8.78 Å². The van der Waals surface area contributed by atoms with Gasteiger partial charge in [0.15, 0.2) is 0 Å². The topological polar surface area (TPSA) is 12.0 Å². The summed E-state index contributed by atoms with van der Waals surface area (Å²) in [5.41, 5.74) is 1.18. The van der Waals surface area contributed by atoms with Crippen LogP contribution in [0.25, 0.3) is 0 Å². The van der Waals surface area contributed by atoms with E-state index in [0.29, 0.717) is 10.9 Å². The first-order valence-corrected chi connectivity index (χ1v) is 7.53. The Morgan fingerprint density at radius 3 is 2.55 bits per heavy atom. The van der Waals surface area contributed by atoms with Crippen molar-refractivity contribution >= 4 is 15.9 Å². The minimum atomic E-state index is -0.509. The number of halogens is 3. The number of hydrogen-bond acceptors (Lipinski definition) is 1. The summed E-state index contributed by atoms with van der Waals surface area (Å²) >= 11 is 3.08. The molecule has 0 amide bonds. The van der Waals surface area contributed by atoms with E-state index in [4.69, 9.17) is 0 Å². The highest BCUT2D eigenvalue weighted by Gasteiger charge is 2.12. The maximum atomic E-state index is 13.8. The molecule has 20 heavy (non-hydrogen) atoms. The van der Waals surface area contributed by atoms with Crippen LogP contribution in [-0.4, -0.2) is 12.1 Å². The van der Waals surface area contributed by atoms with Gasteiger partial charge in [-0.2, -0.15) is 0 Å². The van der Waals surface area contributed by atoms with Crippen LogP contribution in [0, 0.1) is 11.6 Å². The third-order valence-corrected chi connectivity index (χ3v) is 3.50. The first-order chi connectivity index (χ1) is 9.20. The Labute approximate surface area is 128 Å². The fourth-order valence-electron chi connectivity index (χ4n) is 1.85. The predicted octanol–water partition coefficient (Wildman–Crippen LogP) is 4.99. The molecule has 0 heterocycles. The smallest absolute Gasteiger partial charge is 0.143 e. The van der Waals surface area contributed by atoms with Crippen molar-refractivity contribution in [3.05, 3.63) is 45.5 Å². The van der Waals surface area contributed by atoms with Crippen molar-refractivity contribution in [3.8, 4) is 0 Å². The number of benzene rings is 1. The molecule has 1 nitrogen and oxygen atoms in total. The van der Waals surface area contributed by atoms with Crippen molar-refractivity contribution in [1.29, 1.82) is 0 Å². The van der Waals surface area contributed by atoms with E-state index in [0.717, 1.165) is 18.5 Å². The molecule has 4 heteroatoms. The van der Waals surface area contributed by atoms with Crippen LogP contribution in [-0.2, 0) is 6.42 Å². The van der Waals surface area contributed by atoms with E-state index in [1.54, 1.807) is 0 Å². The third-order valence-electron chi connectivity index (χ3n) is 2.89. The zero-order valence-electron chi connectivity index (χ0n) is 12.5. The molecule has 0 aliphatic heterocycles. The lowest BCUT2D eigenvalue weighted by atomic mass is 10.0. The summed E-state index contributed by atoms with van der Waals surface area (Å²) < 4.78 is 27.8. The fraction of sp³-hybridized carbons (Fsp3) is 0.500. The van der Waals surface area contributed by atoms with Gasteiger partial charge in [0, 0.05) is 11.1 Å². The zero-order chi connectivity index (χ0) is 15.3. The first-order valence-electron chi connectivity index (χ1n) is 6.74. The molecule has 0 aromatic heterocycles. The van der Waals surface area contributed by atoms with Crippen LogP contribution in [0.5, 0.6) is 0 Å². The molecule has 0 bridgehead atoms. The number of hydrogen-bond donors (Lipinski definition) is 1. The van der Waals surface area contributed by atoms with Crippen molar-refractivity contribution in [2.75, 3.05) is 6.54 Å². The van der Waals surface area contributed by atoms with Gasteiger partial charge in [0.25, 0.3) is 0 Å². The Bertz CT molecular complexity index is 490. The largest absolute Gasteiger partial charge is 0.312 e. The van der Waals surface area contributed by atoms with Gasteiger partial charge in [-0.3, -0.25) is 0 Å². The first kappa shape index (κ1) is 17.3.